The molecule has 2 aromatic heterocycles. The molecule has 0 aliphatic rings. The molecule has 0 aliphatic carbocycles. The minimum absolute atomic E-state index is 0.604. The second-order valence-electron chi connectivity index (χ2n) is 16.0. The van der Waals surface area contributed by atoms with Crippen molar-refractivity contribution < 1.29 is 0 Å². The fourth-order valence-corrected chi connectivity index (χ4v) is 9.15. The van der Waals surface area contributed by atoms with Crippen LogP contribution in [0.1, 0.15) is 0 Å². The van der Waals surface area contributed by atoms with Gasteiger partial charge in [0.25, 0.3) is 0 Å². The first-order valence-corrected chi connectivity index (χ1v) is 21.3. The molecule has 12 aromatic rings. The lowest BCUT2D eigenvalue weighted by Gasteiger charge is -2.20. The van der Waals surface area contributed by atoms with Gasteiger partial charge in [0.15, 0.2) is 17.5 Å². The smallest absolute Gasteiger partial charge is 0.165 e. The average Bonchev–Trinajstić information content (AvgIpc) is 3.67. The van der Waals surface area contributed by atoms with E-state index in [1.165, 1.54) is 32.3 Å². The molecular weight excluding hydrogens is 765 g/mol. The Morgan fingerprint density at radius 2 is 0.651 bits per heavy atom. The van der Waals surface area contributed by atoms with E-state index in [4.69, 9.17) is 15.0 Å². The maximum absolute atomic E-state index is 5.38. The van der Waals surface area contributed by atoms with Gasteiger partial charge >= 0.3 is 0 Å². The van der Waals surface area contributed by atoms with Gasteiger partial charge in [0.2, 0.25) is 0 Å². The number of hydrogen-bond donors (Lipinski definition) is 0. The van der Waals surface area contributed by atoms with Gasteiger partial charge in [0.1, 0.15) is 0 Å². The van der Waals surface area contributed by atoms with E-state index in [0.717, 1.165) is 66.8 Å². The minimum atomic E-state index is 0.604. The Labute approximate surface area is 365 Å². The zero-order valence-corrected chi connectivity index (χ0v) is 34.2. The van der Waals surface area contributed by atoms with Crippen molar-refractivity contribution in [2.75, 3.05) is 0 Å². The molecule has 0 saturated heterocycles. The fraction of sp³-hybridized carbons (Fsp3) is 0. The standard InChI is InChI=1S/C59H38N4/c1-5-18-39(19-6-1)43-30-17-31-48(32-43)51-38-49(63-54-35-46-28-15-13-26-44(46)33-52(54)53-34-45-27-14-16-29-47(45)36-55(53)63)37-50(40-20-7-2-8-21-40)56(51)59-61-57(41-22-9-3-10-23-41)60-58(62-59)42-24-11-4-12-25-42/h1-38H. The van der Waals surface area contributed by atoms with Gasteiger partial charge in [-0.2, -0.15) is 0 Å². The average molecular weight is 803 g/mol. The molecule has 0 spiro atoms. The lowest BCUT2D eigenvalue weighted by Crippen LogP contribution is -2.04. The van der Waals surface area contributed by atoms with Gasteiger partial charge < -0.3 is 4.57 Å². The molecule has 0 atom stereocenters. The molecule has 4 nitrogen and oxygen atoms in total. The third kappa shape index (κ3) is 6.53. The highest BCUT2D eigenvalue weighted by Crippen LogP contribution is 2.45. The molecule has 12 rings (SSSR count). The van der Waals surface area contributed by atoms with Crippen LogP contribution < -0.4 is 0 Å². The van der Waals surface area contributed by atoms with Crippen LogP contribution in [0.4, 0.5) is 0 Å². The third-order valence-corrected chi connectivity index (χ3v) is 12.2. The van der Waals surface area contributed by atoms with Crippen molar-refractivity contribution in [2.24, 2.45) is 0 Å². The lowest BCUT2D eigenvalue weighted by atomic mass is 9.89. The Hall–Kier alpha value is -8.47. The van der Waals surface area contributed by atoms with E-state index in [2.05, 4.69) is 199 Å². The molecule has 2 heterocycles. The van der Waals surface area contributed by atoms with E-state index in [1.54, 1.807) is 0 Å². The van der Waals surface area contributed by atoms with Gasteiger partial charge in [0.05, 0.1) is 11.0 Å². The summed E-state index contributed by atoms with van der Waals surface area (Å²) in [7, 11) is 0. The van der Waals surface area contributed by atoms with Crippen LogP contribution in [-0.2, 0) is 0 Å². The first-order valence-electron chi connectivity index (χ1n) is 21.3. The predicted octanol–water partition coefficient (Wildman–Crippen LogP) is 15.3. The Kier molecular flexibility index (Phi) is 8.79. The van der Waals surface area contributed by atoms with Crippen molar-refractivity contribution >= 4 is 43.4 Å². The SMILES string of the molecule is c1ccc(-c2cccc(-c3cc(-n4c5cc6ccccc6cc5c5cc6ccccc6cc54)cc(-c4ccccc4)c3-c3nc(-c4ccccc4)nc(-c4ccccc4)n3)c2)cc1. The van der Waals surface area contributed by atoms with Crippen LogP contribution in [0.2, 0.25) is 0 Å². The summed E-state index contributed by atoms with van der Waals surface area (Å²) < 4.78 is 2.46. The zero-order chi connectivity index (χ0) is 41.7. The summed E-state index contributed by atoms with van der Waals surface area (Å²) >= 11 is 0. The van der Waals surface area contributed by atoms with E-state index in [1.807, 2.05) is 36.4 Å². The highest BCUT2D eigenvalue weighted by molar-refractivity contribution is 6.17. The fourth-order valence-electron chi connectivity index (χ4n) is 9.15. The van der Waals surface area contributed by atoms with Crippen LogP contribution in [0.15, 0.2) is 231 Å². The lowest BCUT2D eigenvalue weighted by molar-refractivity contribution is 1.07. The maximum atomic E-state index is 5.38. The minimum Gasteiger partial charge on any atom is -0.309 e. The molecule has 63 heavy (non-hydrogen) atoms. The monoisotopic (exact) mass is 802 g/mol. The van der Waals surface area contributed by atoms with Crippen LogP contribution in [-0.4, -0.2) is 19.5 Å². The van der Waals surface area contributed by atoms with E-state index in [0.29, 0.717) is 17.5 Å². The zero-order valence-electron chi connectivity index (χ0n) is 34.2. The predicted molar refractivity (Wildman–Crippen MR) is 262 cm³/mol. The van der Waals surface area contributed by atoms with Crippen LogP contribution in [0.25, 0.3) is 117 Å². The van der Waals surface area contributed by atoms with Gasteiger partial charge in [-0.15, -0.1) is 0 Å². The summed E-state index contributed by atoms with van der Waals surface area (Å²) in [6, 6.07) is 82.0. The third-order valence-electron chi connectivity index (χ3n) is 12.2. The van der Waals surface area contributed by atoms with E-state index in [9.17, 15) is 0 Å². The van der Waals surface area contributed by atoms with Gasteiger partial charge in [0, 0.05) is 33.2 Å². The number of nitrogens with zero attached hydrogens (tertiary/aromatic N) is 4. The van der Waals surface area contributed by atoms with Crippen molar-refractivity contribution in [3.63, 3.8) is 0 Å². The molecule has 0 amide bonds. The molecule has 10 aromatic carbocycles. The normalized spacial score (nSPS) is 11.5. The highest BCUT2D eigenvalue weighted by Gasteiger charge is 2.24. The van der Waals surface area contributed by atoms with Gasteiger partial charge in [-0.25, -0.2) is 15.0 Å². The number of fused-ring (bicyclic) bond motifs is 5. The second kappa shape index (κ2) is 15.2. The van der Waals surface area contributed by atoms with Crippen molar-refractivity contribution in [3.8, 4) is 73.2 Å². The molecule has 0 aliphatic heterocycles. The van der Waals surface area contributed by atoms with Gasteiger partial charge in [-0.05, 0) is 97.4 Å². The molecule has 0 unspecified atom stereocenters. The molecule has 4 heteroatoms. The number of hydrogen-bond acceptors (Lipinski definition) is 3. The van der Waals surface area contributed by atoms with Crippen molar-refractivity contribution in [1.82, 2.24) is 19.5 Å². The van der Waals surface area contributed by atoms with Gasteiger partial charge in [-0.1, -0.05) is 188 Å². The molecule has 0 radical (unpaired) electrons. The number of aromatic nitrogens is 4. The molecule has 0 N–H and O–H groups in total. The number of rotatable bonds is 7. The summed E-state index contributed by atoms with van der Waals surface area (Å²) in [4.78, 5) is 15.9. The van der Waals surface area contributed by atoms with Crippen LogP contribution >= 0.6 is 0 Å². The topological polar surface area (TPSA) is 43.6 Å². The van der Waals surface area contributed by atoms with Crippen molar-refractivity contribution in [2.45, 2.75) is 0 Å². The first kappa shape index (κ1) is 36.4. The van der Waals surface area contributed by atoms with Crippen LogP contribution in [0.3, 0.4) is 0 Å². The summed E-state index contributed by atoms with van der Waals surface area (Å²) in [6.07, 6.45) is 0. The Bertz CT molecular complexity index is 3500. The summed E-state index contributed by atoms with van der Waals surface area (Å²) in [5.41, 5.74) is 12.6. The van der Waals surface area contributed by atoms with Crippen LogP contribution in [0, 0.1) is 0 Å². The Balaban J connectivity index is 1.23. The van der Waals surface area contributed by atoms with Crippen LogP contribution in [0.5, 0.6) is 0 Å². The summed E-state index contributed by atoms with van der Waals surface area (Å²) in [5, 5.41) is 7.25. The molecule has 294 valence electrons. The molecule has 0 bridgehead atoms. The Morgan fingerprint density at radius 3 is 1.16 bits per heavy atom. The largest absolute Gasteiger partial charge is 0.309 e. The van der Waals surface area contributed by atoms with E-state index < -0.39 is 0 Å². The van der Waals surface area contributed by atoms with E-state index in [-0.39, 0.29) is 0 Å². The molecular formula is C59H38N4. The second-order valence-corrected chi connectivity index (χ2v) is 16.0. The molecule has 0 fully saturated rings. The Morgan fingerprint density at radius 1 is 0.270 bits per heavy atom. The van der Waals surface area contributed by atoms with E-state index >= 15 is 0 Å². The summed E-state index contributed by atoms with van der Waals surface area (Å²) in [5.74, 6) is 1.84. The number of benzene rings is 10. The summed E-state index contributed by atoms with van der Waals surface area (Å²) in [6.45, 7) is 0. The van der Waals surface area contributed by atoms with Gasteiger partial charge in [-0.3, -0.25) is 0 Å². The molecule has 0 saturated carbocycles. The van der Waals surface area contributed by atoms with Crippen molar-refractivity contribution in [3.05, 3.63) is 231 Å². The highest BCUT2D eigenvalue weighted by atomic mass is 15.0. The van der Waals surface area contributed by atoms with Crippen molar-refractivity contribution in [1.29, 1.82) is 0 Å². The quantitative estimate of drug-likeness (QED) is 0.161. The first-order chi connectivity index (χ1) is 31.2. The maximum Gasteiger partial charge on any atom is 0.165 e.